The van der Waals surface area contributed by atoms with Crippen LogP contribution in [0.5, 0.6) is 5.75 Å². The van der Waals surface area contributed by atoms with Crippen LogP contribution < -0.4 is 15.4 Å². The lowest BCUT2D eigenvalue weighted by Crippen LogP contribution is -2.45. The number of rotatable bonds is 5. The summed E-state index contributed by atoms with van der Waals surface area (Å²) in [5, 5.41) is 6.24. The van der Waals surface area contributed by atoms with Gasteiger partial charge in [0.1, 0.15) is 5.75 Å². The predicted molar refractivity (Wildman–Crippen MR) is 108 cm³/mol. The first-order chi connectivity index (χ1) is 13.6. The van der Waals surface area contributed by atoms with Crippen molar-refractivity contribution < 1.29 is 14.3 Å². The van der Waals surface area contributed by atoms with Gasteiger partial charge >= 0.3 is 6.03 Å². The van der Waals surface area contributed by atoms with Gasteiger partial charge in [0.05, 0.1) is 17.7 Å². The van der Waals surface area contributed by atoms with Gasteiger partial charge in [-0.05, 0) is 49.1 Å². The number of pyridine rings is 1. The first kappa shape index (κ1) is 19.9. The van der Waals surface area contributed by atoms with Crippen molar-refractivity contribution in [3.63, 3.8) is 0 Å². The van der Waals surface area contributed by atoms with Crippen LogP contribution in [0, 0.1) is 5.92 Å². The maximum absolute atomic E-state index is 12.6. The number of piperidine rings is 1. The molecule has 0 saturated carbocycles. The molecule has 8 heteroatoms. The highest BCUT2D eigenvalue weighted by Gasteiger charge is 2.24. The molecule has 1 aliphatic rings. The fourth-order valence-corrected chi connectivity index (χ4v) is 3.46. The van der Waals surface area contributed by atoms with Crippen molar-refractivity contribution in [3.8, 4) is 5.75 Å². The average Bonchev–Trinajstić information content (AvgIpc) is 2.73. The lowest BCUT2D eigenvalue weighted by atomic mass is 9.98. The minimum atomic E-state index is -0.176. The highest BCUT2D eigenvalue weighted by Crippen LogP contribution is 2.27. The molecule has 2 heterocycles. The van der Waals surface area contributed by atoms with E-state index in [-0.39, 0.29) is 17.9 Å². The first-order valence-electron chi connectivity index (χ1n) is 9.14. The van der Waals surface area contributed by atoms with E-state index in [9.17, 15) is 9.59 Å². The van der Waals surface area contributed by atoms with E-state index in [2.05, 4.69) is 15.6 Å². The number of carbonyl (C=O) groups excluding carboxylic acids is 2. The summed E-state index contributed by atoms with van der Waals surface area (Å²) in [5.74, 6) is 0.615. The number of benzene rings is 1. The normalized spacial score (nSPS) is 16.4. The van der Waals surface area contributed by atoms with Crippen molar-refractivity contribution in [1.29, 1.82) is 0 Å². The summed E-state index contributed by atoms with van der Waals surface area (Å²) in [7, 11) is 1.54. The van der Waals surface area contributed by atoms with E-state index in [4.69, 9.17) is 16.3 Å². The van der Waals surface area contributed by atoms with Crippen LogP contribution >= 0.6 is 11.6 Å². The van der Waals surface area contributed by atoms with Gasteiger partial charge in [-0.2, -0.15) is 0 Å². The van der Waals surface area contributed by atoms with E-state index in [1.807, 2.05) is 0 Å². The number of nitrogens with zero attached hydrogens (tertiary/aromatic N) is 2. The molecule has 1 aromatic heterocycles. The van der Waals surface area contributed by atoms with Crippen LogP contribution in [0.1, 0.15) is 23.2 Å². The van der Waals surface area contributed by atoms with Crippen LogP contribution in [0.2, 0.25) is 5.02 Å². The second kappa shape index (κ2) is 9.41. The summed E-state index contributed by atoms with van der Waals surface area (Å²) in [4.78, 5) is 30.5. The zero-order valence-electron chi connectivity index (χ0n) is 15.7. The van der Waals surface area contributed by atoms with Gasteiger partial charge in [-0.15, -0.1) is 0 Å². The lowest BCUT2D eigenvalue weighted by Gasteiger charge is -2.33. The summed E-state index contributed by atoms with van der Waals surface area (Å²) in [6, 6.07) is 8.40. The van der Waals surface area contributed by atoms with E-state index in [1.54, 1.807) is 48.5 Å². The monoisotopic (exact) mass is 402 g/mol. The Morgan fingerprint density at radius 3 is 2.93 bits per heavy atom. The SMILES string of the molecule is COc1ccc(NC(=O)N2CCCC(CNC(=O)c3cccnc3)C2)cc1Cl. The van der Waals surface area contributed by atoms with Gasteiger partial charge in [-0.25, -0.2) is 4.79 Å². The van der Waals surface area contributed by atoms with Crippen LogP contribution in [-0.4, -0.2) is 48.6 Å². The Bertz CT molecular complexity index is 831. The molecule has 7 nitrogen and oxygen atoms in total. The number of likely N-dealkylation sites (tertiary alicyclic amines) is 1. The van der Waals surface area contributed by atoms with Crippen LogP contribution in [0.15, 0.2) is 42.7 Å². The van der Waals surface area contributed by atoms with Gasteiger partial charge in [0, 0.05) is 37.7 Å². The molecular weight excluding hydrogens is 380 g/mol. The number of carbonyl (C=O) groups is 2. The number of ether oxygens (including phenoxy) is 1. The predicted octanol–water partition coefficient (Wildman–Crippen LogP) is 3.42. The van der Waals surface area contributed by atoms with Crippen LogP contribution in [0.25, 0.3) is 0 Å². The number of hydrogen-bond acceptors (Lipinski definition) is 4. The Labute approximate surface area is 169 Å². The largest absolute Gasteiger partial charge is 0.495 e. The number of urea groups is 1. The highest BCUT2D eigenvalue weighted by molar-refractivity contribution is 6.32. The number of halogens is 1. The Kier molecular flexibility index (Phi) is 6.71. The molecule has 28 heavy (non-hydrogen) atoms. The van der Waals surface area contributed by atoms with Gasteiger partial charge in [0.2, 0.25) is 0 Å². The van der Waals surface area contributed by atoms with E-state index in [0.29, 0.717) is 41.7 Å². The molecule has 2 aromatic rings. The Morgan fingerprint density at radius 2 is 2.21 bits per heavy atom. The summed E-state index contributed by atoms with van der Waals surface area (Å²) < 4.78 is 5.12. The lowest BCUT2D eigenvalue weighted by molar-refractivity contribution is 0.0938. The molecule has 1 aromatic carbocycles. The van der Waals surface area contributed by atoms with E-state index >= 15 is 0 Å². The number of amides is 3. The summed E-state index contributed by atoms with van der Waals surface area (Å²) in [6.07, 6.45) is 5.02. The number of aromatic nitrogens is 1. The van der Waals surface area contributed by atoms with Gasteiger partial charge < -0.3 is 20.3 Å². The van der Waals surface area contributed by atoms with Crippen LogP contribution in [0.4, 0.5) is 10.5 Å². The zero-order valence-corrected chi connectivity index (χ0v) is 16.4. The molecule has 2 N–H and O–H groups in total. The maximum atomic E-state index is 12.6. The number of nitrogens with one attached hydrogen (secondary N) is 2. The van der Waals surface area contributed by atoms with Crippen molar-refractivity contribution in [2.45, 2.75) is 12.8 Å². The second-order valence-corrected chi connectivity index (χ2v) is 7.09. The standard InChI is InChI=1S/C20H23ClN4O3/c1-28-18-7-6-16(10-17(18)21)24-20(27)25-9-3-4-14(13-25)11-23-19(26)15-5-2-8-22-12-15/h2,5-8,10,12,14H,3-4,9,11,13H2,1H3,(H,23,26)(H,24,27). The molecular formula is C20H23ClN4O3. The Balaban J connectivity index is 1.52. The fraction of sp³-hybridized carbons (Fsp3) is 0.350. The molecule has 0 spiro atoms. The quantitative estimate of drug-likeness (QED) is 0.802. The van der Waals surface area contributed by atoms with Crippen molar-refractivity contribution in [1.82, 2.24) is 15.2 Å². The van der Waals surface area contributed by atoms with Crippen molar-refractivity contribution >= 4 is 29.2 Å². The van der Waals surface area contributed by atoms with E-state index in [0.717, 1.165) is 12.8 Å². The maximum Gasteiger partial charge on any atom is 0.321 e. The van der Waals surface area contributed by atoms with E-state index in [1.165, 1.54) is 6.20 Å². The summed E-state index contributed by atoms with van der Waals surface area (Å²) >= 11 is 6.11. The van der Waals surface area contributed by atoms with Gasteiger partial charge in [0.25, 0.3) is 5.91 Å². The Hall–Kier alpha value is -2.80. The molecule has 0 radical (unpaired) electrons. The smallest absolute Gasteiger partial charge is 0.321 e. The summed E-state index contributed by atoms with van der Waals surface area (Å²) in [5.41, 5.74) is 1.15. The molecule has 3 rings (SSSR count). The molecule has 0 bridgehead atoms. The minimum Gasteiger partial charge on any atom is -0.495 e. The topological polar surface area (TPSA) is 83.6 Å². The third-order valence-electron chi connectivity index (χ3n) is 4.68. The fourth-order valence-electron chi connectivity index (χ4n) is 3.20. The first-order valence-corrected chi connectivity index (χ1v) is 9.52. The van der Waals surface area contributed by atoms with Crippen molar-refractivity contribution in [2.75, 3.05) is 32.1 Å². The molecule has 0 aliphatic carbocycles. The molecule has 1 saturated heterocycles. The number of methoxy groups -OCH3 is 1. The molecule has 1 unspecified atom stereocenters. The zero-order chi connectivity index (χ0) is 19.9. The van der Waals surface area contributed by atoms with Gasteiger partial charge in [0.15, 0.2) is 0 Å². The second-order valence-electron chi connectivity index (χ2n) is 6.69. The van der Waals surface area contributed by atoms with Crippen molar-refractivity contribution in [2.24, 2.45) is 5.92 Å². The molecule has 148 valence electrons. The molecule has 1 atom stereocenters. The average molecular weight is 403 g/mol. The third kappa shape index (κ3) is 5.13. The molecule has 1 fully saturated rings. The third-order valence-corrected chi connectivity index (χ3v) is 4.98. The van der Waals surface area contributed by atoms with Crippen LogP contribution in [0.3, 0.4) is 0 Å². The Morgan fingerprint density at radius 1 is 1.36 bits per heavy atom. The van der Waals surface area contributed by atoms with Crippen molar-refractivity contribution in [3.05, 3.63) is 53.3 Å². The van der Waals surface area contributed by atoms with Gasteiger partial charge in [-0.1, -0.05) is 11.6 Å². The number of hydrogen-bond donors (Lipinski definition) is 2. The van der Waals surface area contributed by atoms with Crippen LogP contribution in [-0.2, 0) is 0 Å². The summed E-state index contributed by atoms with van der Waals surface area (Å²) in [6.45, 7) is 1.79. The van der Waals surface area contributed by atoms with E-state index < -0.39 is 0 Å². The van der Waals surface area contributed by atoms with Gasteiger partial charge in [-0.3, -0.25) is 9.78 Å². The molecule has 1 aliphatic heterocycles. The highest BCUT2D eigenvalue weighted by atomic mass is 35.5. The minimum absolute atomic E-state index is 0.150. The molecule has 3 amide bonds. The number of anilines is 1.